The number of hydrogen-bond donors (Lipinski definition) is 2. The lowest BCUT2D eigenvalue weighted by molar-refractivity contribution is -0.153. The topological polar surface area (TPSA) is 108 Å². The maximum atomic E-state index is 11.6. The van der Waals surface area contributed by atoms with E-state index in [4.69, 9.17) is 9.47 Å². The van der Waals surface area contributed by atoms with Crippen molar-refractivity contribution in [3.05, 3.63) is 0 Å². The summed E-state index contributed by atoms with van der Waals surface area (Å²) in [5.74, 6) is 55.6. The molecule has 0 spiro atoms. The predicted octanol–water partition coefficient (Wildman–Crippen LogP) is 5.09. The summed E-state index contributed by atoms with van der Waals surface area (Å²) in [4.78, 5) is 23.1. The molecule has 218 valence electrons. The van der Waals surface area contributed by atoms with Gasteiger partial charge in [-0.15, -0.1) is 0 Å². The predicted molar refractivity (Wildman–Crippen MR) is 184 cm³/mol. The first-order valence-corrected chi connectivity index (χ1v) is 9.47. The largest absolute Gasteiger partial charge is 0.452 e. The number of carbonyl (C=O) groups is 2. The molecule has 0 aliphatic carbocycles. The minimum Gasteiger partial charge on any atom is -0.452 e. The molecule has 0 aromatic rings. The van der Waals surface area contributed by atoms with Gasteiger partial charge in [-0.25, -0.2) is 9.59 Å². The van der Waals surface area contributed by atoms with E-state index in [1.54, 1.807) is 13.8 Å². The first-order valence-electron chi connectivity index (χ1n) is 9.47. The Labute approximate surface area is 250 Å². The zero-order valence-electron chi connectivity index (χ0n) is 19.8. The molecule has 0 unspecified atom stereocenters. The number of carbonyl (C=O) groups excluding carboxylic acids is 2. The molecule has 0 radical (unpaired) electrons. The zero-order valence-corrected chi connectivity index (χ0v) is 19.8. The number of aliphatic hydroxyl groups is 1. The van der Waals surface area contributed by atoms with Gasteiger partial charge in [0.15, 0.2) is 6.10 Å². The molecule has 37 heavy (non-hydrogen) atoms. The molecule has 0 heterocycles. The van der Waals surface area contributed by atoms with Crippen LogP contribution >= 0.6 is 0 Å². The summed E-state index contributed by atoms with van der Waals surface area (Å²) in [6, 6.07) is 0. The molecule has 0 bridgehead atoms. The van der Waals surface area contributed by atoms with Crippen LogP contribution in [0.1, 0.15) is 45.2 Å². The molecule has 0 aromatic heterocycles. The van der Waals surface area contributed by atoms with E-state index in [9.17, 15) is 14.7 Å². The summed E-state index contributed by atoms with van der Waals surface area (Å²) in [5.41, 5.74) is 0. The van der Waals surface area contributed by atoms with Gasteiger partial charge in [-0.05, 0) is 132 Å². The highest BCUT2D eigenvalue weighted by Gasteiger charge is 2.14. The van der Waals surface area contributed by atoms with Gasteiger partial charge in [-0.1, -0.05) is 11.8 Å². The molecular formula is C31H59NO5. The maximum absolute atomic E-state index is 11.6. The van der Waals surface area contributed by atoms with Crippen LogP contribution in [-0.2, 0) is 19.1 Å². The molecule has 0 rings (SSSR count). The first kappa shape index (κ1) is 32.8. The standard InChI is InChI=1S/C31H12O5.H3N.22H2/c1-3-5-7-9-11-13-14-15-16-18-19-21-23-25-30(33)35-28-29(27-32)36-31(34)26-24-22-20-17-12-10-8-6-4-2;;;;;;;;;;;;;;;;;;;;;;;/h29,32H,27-28H2,1-2H3;1H3;22*1H/t29-;;;;;;;;;;;;;;;;;;;;;;;/m1......................./s1. The Kier molecular flexibility index (Phi) is 22.9. The summed E-state index contributed by atoms with van der Waals surface area (Å²) >= 11 is 0. The Bertz CT molecular complexity index is 1680. The van der Waals surface area contributed by atoms with Crippen LogP contribution < -0.4 is 6.15 Å². The Morgan fingerprint density at radius 1 is 0.595 bits per heavy atom. The number of esters is 2. The van der Waals surface area contributed by atoms with Crippen molar-refractivity contribution in [2.45, 2.75) is 20.0 Å². The number of hydrogen-bond acceptors (Lipinski definition) is 6. The van der Waals surface area contributed by atoms with Crippen molar-refractivity contribution < 1.29 is 55.6 Å². The highest BCUT2D eigenvalue weighted by Crippen LogP contribution is 1.94. The van der Waals surface area contributed by atoms with Crippen LogP contribution in [0.4, 0.5) is 0 Å². The minimum absolute atomic E-state index is 0. The molecule has 6 heteroatoms. The third kappa shape index (κ3) is 24.1. The van der Waals surface area contributed by atoms with Crippen molar-refractivity contribution in [3.63, 3.8) is 0 Å². The van der Waals surface area contributed by atoms with Crippen LogP contribution in [0.5, 0.6) is 0 Å². The minimum atomic E-state index is -1.13. The highest BCUT2D eigenvalue weighted by atomic mass is 16.6. The second kappa shape index (κ2) is 25.8. The molecule has 0 aromatic carbocycles. The second-order valence-corrected chi connectivity index (χ2v) is 5.06. The van der Waals surface area contributed by atoms with Gasteiger partial charge in [-0.3, -0.25) is 0 Å². The first-order chi connectivity index (χ1) is 17.6. The Morgan fingerprint density at radius 2 is 0.919 bits per heavy atom. The van der Waals surface area contributed by atoms with E-state index in [1.807, 2.05) is 0 Å². The summed E-state index contributed by atoms with van der Waals surface area (Å²) in [6.45, 7) is 2.26. The summed E-state index contributed by atoms with van der Waals surface area (Å²) in [6.07, 6.45) is -1.13. The summed E-state index contributed by atoms with van der Waals surface area (Å²) in [7, 11) is 0. The molecule has 0 aliphatic rings. The third-order valence-corrected chi connectivity index (χ3v) is 2.58. The molecule has 0 aliphatic heterocycles. The highest BCUT2D eigenvalue weighted by molar-refractivity contribution is 5.90. The normalized spacial score (nSPS) is 6.46. The summed E-state index contributed by atoms with van der Waals surface area (Å²) < 4.78 is 9.61. The van der Waals surface area contributed by atoms with Crippen LogP contribution in [0.3, 0.4) is 0 Å². The molecule has 1 atom stereocenters. The fourth-order valence-electron chi connectivity index (χ4n) is 1.30. The fourth-order valence-corrected chi connectivity index (χ4v) is 1.30. The van der Waals surface area contributed by atoms with E-state index < -0.39 is 31.3 Å². The van der Waals surface area contributed by atoms with E-state index >= 15 is 0 Å². The van der Waals surface area contributed by atoms with Crippen LogP contribution in [0.2, 0.25) is 0 Å². The number of ether oxygens (including phenoxy) is 2. The van der Waals surface area contributed by atoms with Crippen molar-refractivity contribution in [2.24, 2.45) is 0 Å². The van der Waals surface area contributed by atoms with Gasteiger partial charge in [0.1, 0.15) is 6.61 Å². The van der Waals surface area contributed by atoms with E-state index in [2.05, 4.69) is 142 Å². The van der Waals surface area contributed by atoms with Crippen molar-refractivity contribution >= 4 is 11.9 Å². The van der Waals surface area contributed by atoms with Crippen LogP contribution in [-0.4, -0.2) is 36.4 Å². The van der Waals surface area contributed by atoms with Gasteiger partial charge < -0.3 is 20.7 Å². The van der Waals surface area contributed by atoms with Crippen LogP contribution in [0.25, 0.3) is 0 Å². The molecule has 0 saturated carbocycles. The Hall–Kier alpha value is -6.42. The van der Waals surface area contributed by atoms with E-state index in [0.717, 1.165) is 0 Å². The smallest absolute Gasteiger partial charge is 0.385 e. The Morgan fingerprint density at radius 3 is 1.27 bits per heavy atom. The molecule has 0 amide bonds. The lowest BCUT2D eigenvalue weighted by Gasteiger charge is -2.12. The number of rotatable bonds is 4. The Balaban J connectivity index is -0.0000000242. The van der Waals surface area contributed by atoms with E-state index in [1.165, 1.54) is 0 Å². The van der Waals surface area contributed by atoms with E-state index in [0.29, 0.717) is 0 Å². The lowest BCUT2D eigenvalue weighted by atomic mass is 10.4. The van der Waals surface area contributed by atoms with Gasteiger partial charge in [0.2, 0.25) is 0 Å². The van der Waals surface area contributed by atoms with E-state index in [-0.39, 0.29) is 37.5 Å². The van der Waals surface area contributed by atoms with Crippen molar-refractivity contribution in [1.82, 2.24) is 6.15 Å². The lowest BCUT2D eigenvalue weighted by Crippen LogP contribution is -2.27. The van der Waals surface area contributed by atoms with Gasteiger partial charge in [0, 0.05) is 43.2 Å². The summed E-state index contributed by atoms with van der Waals surface area (Å²) in [5, 5.41) is 9.23. The van der Waals surface area contributed by atoms with Gasteiger partial charge in [0.05, 0.1) is 6.61 Å². The number of aliphatic hydroxyl groups excluding tert-OH is 1. The molecular weight excluding hydrogens is 466 g/mol. The zero-order chi connectivity index (χ0) is 26.5. The molecule has 6 nitrogen and oxygen atoms in total. The average Bonchev–Trinajstić information content (AvgIpc) is 2.88. The SMILES string of the molecule is CC#CC#CC#CC#CC#CC#CC#CC(=O)OC[C@@H](CO)OC(=O)C#CC#CC#CC#CC#CC.N.[HH].[HH].[HH].[HH].[HH].[HH].[HH].[HH].[HH].[HH].[HH].[HH].[HH].[HH].[HH].[HH].[HH].[HH].[HH].[HH].[HH].[HH]. The molecule has 4 N–H and O–H groups in total. The third-order valence-electron chi connectivity index (χ3n) is 2.58. The van der Waals surface area contributed by atoms with Crippen LogP contribution in [0, 0.1) is 142 Å². The second-order valence-electron chi connectivity index (χ2n) is 5.06. The maximum Gasteiger partial charge on any atom is 0.385 e. The van der Waals surface area contributed by atoms with Crippen molar-refractivity contribution in [1.29, 1.82) is 0 Å². The van der Waals surface area contributed by atoms with Crippen molar-refractivity contribution in [3.8, 4) is 142 Å². The van der Waals surface area contributed by atoms with Crippen molar-refractivity contribution in [2.75, 3.05) is 13.2 Å². The fraction of sp³-hybridized carbons (Fsp3) is 0.161. The van der Waals surface area contributed by atoms with Crippen LogP contribution in [0.15, 0.2) is 0 Å². The quantitative estimate of drug-likeness (QED) is 0.301. The molecule has 0 fully saturated rings. The van der Waals surface area contributed by atoms with Gasteiger partial charge >= 0.3 is 11.9 Å². The molecule has 0 saturated heterocycles. The average molecular weight is 526 g/mol. The van der Waals surface area contributed by atoms with Gasteiger partial charge in [0.25, 0.3) is 0 Å². The monoisotopic (exact) mass is 525 g/mol. The van der Waals surface area contributed by atoms with Gasteiger partial charge in [-0.2, -0.15) is 0 Å².